The van der Waals surface area contributed by atoms with Crippen LogP contribution in [0.5, 0.6) is 11.5 Å². The van der Waals surface area contributed by atoms with Crippen molar-refractivity contribution < 1.29 is 18.7 Å². The fourth-order valence-electron chi connectivity index (χ4n) is 1.73. The topological polar surface area (TPSA) is 74.7 Å². The molecule has 0 fully saturated rings. The van der Waals surface area contributed by atoms with E-state index >= 15 is 0 Å². The summed E-state index contributed by atoms with van der Waals surface area (Å²) in [6.45, 7) is 0.263. The molecule has 2 aromatic rings. The summed E-state index contributed by atoms with van der Waals surface area (Å²) < 4.78 is 15.6. The molecule has 0 unspecified atom stereocenters. The van der Waals surface area contributed by atoms with Crippen LogP contribution in [0.2, 0.25) is 0 Å². The fraction of sp³-hybridized carbons (Fsp3) is 0.214. The molecule has 2 N–H and O–H groups in total. The maximum absolute atomic E-state index is 12.2. The van der Waals surface area contributed by atoms with E-state index in [0.717, 1.165) is 0 Å². The number of ether oxygens (including phenoxy) is 2. The van der Waals surface area contributed by atoms with Gasteiger partial charge in [-0.25, -0.2) is 0 Å². The summed E-state index contributed by atoms with van der Waals surface area (Å²) in [7, 11) is 3.06. The van der Waals surface area contributed by atoms with Gasteiger partial charge in [0, 0.05) is 5.56 Å². The number of methoxy groups -OCH3 is 2. The molecule has 0 amide bonds. The summed E-state index contributed by atoms with van der Waals surface area (Å²) in [5.41, 5.74) is 5.91. The summed E-state index contributed by atoms with van der Waals surface area (Å²) in [6.07, 6.45) is 0. The van der Waals surface area contributed by atoms with Crippen LogP contribution < -0.4 is 15.2 Å². The molecule has 0 aliphatic heterocycles. The number of carbonyl (C=O) groups excluding carboxylic acids is 1. The van der Waals surface area contributed by atoms with E-state index in [2.05, 4.69) is 0 Å². The molecule has 2 rings (SSSR count). The molecule has 0 aliphatic rings. The lowest BCUT2D eigenvalue weighted by atomic mass is 10.1. The number of hydrogen-bond acceptors (Lipinski definition) is 5. The molecule has 100 valence electrons. The zero-order valence-corrected chi connectivity index (χ0v) is 10.8. The Labute approximate surface area is 110 Å². The third-order valence-electron chi connectivity index (χ3n) is 2.73. The Balaban J connectivity index is 2.33. The van der Waals surface area contributed by atoms with Crippen LogP contribution in [0.4, 0.5) is 0 Å². The zero-order valence-electron chi connectivity index (χ0n) is 10.8. The molecule has 0 radical (unpaired) electrons. The first-order chi connectivity index (χ1) is 9.19. The Morgan fingerprint density at radius 2 is 1.89 bits per heavy atom. The van der Waals surface area contributed by atoms with Gasteiger partial charge in [-0.3, -0.25) is 4.79 Å². The highest BCUT2D eigenvalue weighted by atomic mass is 16.5. The number of benzene rings is 1. The van der Waals surface area contributed by atoms with Crippen molar-refractivity contribution in [3.05, 3.63) is 47.4 Å². The lowest BCUT2D eigenvalue weighted by Crippen LogP contribution is -2.01. The van der Waals surface area contributed by atoms with E-state index in [0.29, 0.717) is 22.8 Å². The molecule has 0 atom stereocenters. The highest BCUT2D eigenvalue weighted by molar-refractivity contribution is 6.07. The molecule has 1 heterocycles. The minimum absolute atomic E-state index is 0.222. The Morgan fingerprint density at radius 1 is 1.16 bits per heavy atom. The summed E-state index contributed by atoms with van der Waals surface area (Å²) in [6, 6.07) is 8.26. The first-order valence-corrected chi connectivity index (χ1v) is 5.75. The molecule has 0 aliphatic carbocycles. The molecule has 0 bridgehead atoms. The number of nitrogens with two attached hydrogens (primary N) is 1. The van der Waals surface area contributed by atoms with Crippen LogP contribution in [0.25, 0.3) is 0 Å². The average Bonchev–Trinajstić information content (AvgIpc) is 2.94. The number of furan rings is 1. The van der Waals surface area contributed by atoms with Crippen LogP contribution in [0.15, 0.2) is 34.7 Å². The number of rotatable bonds is 5. The van der Waals surface area contributed by atoms with E-state index < -0.39 is 0 Å². The average molecular weight is 261 g/mol. The second-order valence-electron chi connectivity index (χ2n) is 3.87. The predicted molar refractivity (Wildman–Crippen MR) is 69.6 cm³/mol. The smallest absolute Gasteiger partial charge is 0.228 e. The van der Waals surface area contributed by atoms with Crippen LogP contribution in [0.3, 0.4) is 0 Å². The first-order valence-electron chi connectivity index (χ1n) is 5.75. The summed E-state index contributed by atoms with van der Waals surface area (Å²) in [5.74, 6) is 1.68. The van der Waals surface area contributed by atoms with Crippen LogP contribution in [0, 0.1) is 0 Å². The normalized spacial score (nSPS) is 10.3. The fourth-order valence-corrected chi connectivity index (χ4v) is 1.73. The molecule has 0 saturated carbocycles. The van der Waals surface area contributed by atoms with Crippen molar-refractivity contribution in [1.82, 2.24) is 0 Å². The molecule has 0 saturated heterocycles. The third kappa shape index (κ3) is 2.61. The van der Waals surface area contributed by atoms with Gasteiger partial charge in [0.2, 0.25) is 5.78 Å². The van der Waals surface area contributed by atoms with Crippen molar-refractivity contribution in [2.45, 2.75) is 6.54 Å². The first kappa shape index (κ1) is 13.2. The SMILES string of the molecule is COc1ccc(C(=O)c2ccc(CN)o2)cc1OC. The monoisotopic (exact) mass is 261 g/mol. The highest BCUT2D eigenvalue weighted by Crippen LogP contribution is 2.28. The van der Waals surface area contributed by atoms with Crippen molar-refractivity contribution in [2.75, 3.05) is 14.2 Å². The van der Waals surface area contributed by atoms with Gasteiger partial charge in [-0.1, -0.05) is 0 Å². The third-order valence-corrected chi connectivity index (χ3v) is 2.73. The number of carbonyl (C=O) groups is 1. The Morgan fingerprint density at radius 3 is 2.47 bits per heavy atom. The lowest BCUT2D eigenvalue weighted by molar-refractivity contribution is 0.101. The number of ketones is 1. The van der Waals surface area contributed by atoms with Gasteiger partial charge in [0.05, 0.1) is 20.8 Å². The Hall–Kier alpha value is -2.27. The minimum Gasteiger partial charge on any atom is -0.493 e. The molecule has 1 aromatic heterocycles. The van der Waals surface area contributed by atoms with Crippen molar-refractivity contribution >= 4 is 5.78 Å². The van der Waals surface area contributed by atoms with E-state index in [9.17, 15) is 4.79 Å². The zero-order chi connectivity index (χ0) is 13.8. The minimum atomic E-state index is -0.222. The van der Waals surface area contributed by atoms with Gasteiger partial charge in [-0.15, -0.1) is 0 Å². The Kier molecular flexibility index (Phi) is 3.87. The van der Waals surface area contributed by atoms with Crippen molar-refractivity contribution in [2.24, 2.45) is 5.73 Å². The summed E-state index contributed by atoms with van der Waals surface area (Å²) in [5, 5.41) is 0. The van der Waals surface area contributed by atoms with Crippen LogP contribution >= 0.6 is 0 Å². The van der Waals surface area contributed by atoms with Gasteiger partial charge in [0.1, 0.15) is 5.76 Å². The molecule has 5 nitrogen and oxygen atoms in total. The standard InChI is InChI=1S/C14H15NO4/c1-17-11-5-3-9(7-13(11)18-2)14(16)12-6-4-10(8-15)19-12/h3-7H,8,15H2,1-2H3. The lowest BCUT2D eigenvalue weighted by Gasteiger charge is -2.08. The maximum atomic E-state index is 12.2. The molecule has 5 heteroatoms. The van der Waals surface area contributed by atoms with Crippen molar-refractivity contribution in [3.8, 4) is 11.5 Å². The summed E-state index contributed by atoms with van der Waals surface area (Å²) >= 11 is 0. The second kappa shape index (κ2) is 5.58. The predicted octanol–water partition coefficient (Wildman–Crippen LogP) is 1.99. The molecular formula is C14H15NO4. The van der Waals surface area contributed by atoms with Crippen LogP contribution in [-0.2, 0) is 6.54 Å². The van der Waals surface area contributed by atoms with Crippen molar-refractivity contribution in [1.29, 1.82) is 0 Å². The van der Waals surface area contributed by atoms with Gasteiger partial charge < -0.3 is 19.6 Å². The van der Waals surface area contributed by atoms with E-state index in [1.165, 1.54) is 7.11 Å². The molecule has 0 spiro atoms. The van der Waals surface area contributed by atoms with Crippen LogP contribution in [-0.4, -0.2) is 20.0 Å². The van der Waals surface area contributed by atoms with E-state index in [1.807, 2.05) is 0 Å². The van der Waals surface area contributed by atoms with E-state index in [-0.39, 0.29) is 18.1 Å². The van der Waals surface area contributed by atoms with Crippen molar-refractivity contribution in [3.63, 3.8) is 0 Å². The van der Waals surface area contributed by atoms with E-state index in [4.69, 9.17) is 19.6 Å². The van der Waals surface area contributed by atoms with E-state index in [1.54, 1.807) is 37.4 Å². The van der Waals surface area contributed by atoms with Gasteiger partial charge in [-0.05, 0) is 30.3 Å². The molecule has 19 heavy (non-hydrogen) atoms. The van der Waals surface area contributed by atoms with Crippen LogP contribution in [0.1, 0.15) is 21.9 Å². The van der Waals surface area contributed by atoms with Gasteiger partial charge in [0.25, 0.3) is 0 Å². The highest BCUT2D eigenvalue weighted by Gasteiger charge is 2.15. The van der Waals surface area contributed by atoms with Gasteiger partial charge in [0.15, 0.2) is 17.3 Å². The van der Waals surface area contributed by atoms with Gasteiger partial charge in [-0.2, -0.15) is 0 Å². The Bertz CT molecular complexity index is 589. The quantitative estimate of drug-likeness (QED) is 0.833. The maximum Gasteiger partial charge on any atom is 0.228 e. The van der Waals surface area contributed by atoms with Gasteiger partial charge >= 0.3 is 0 Å². The molecular weight excluding hydrogens is 246 g/mol. The molecule has 1 aromatic carbocycles. The largest absolute Gasteiger partial charge is 0.493 e. The summed E-state index contributed by atoms with van der Waals surface area (Å²) in [4.78, 5) is 12.2. The second-order valence-corrected chi connectivity index (χ2v) is 3.87. The number of hydrogen-bond donors (Lipinski definition) is 1.